The minimum atomic E-state index is -0.350. The van der Waals surface area contributed by atoms with Crippen LogP contribution in [0.3, 0.4) is 0 Å². The molecule has 6 nitrogen and oxygen atoms in total. The Labute approximate surface area is 144 Å². The first-order chi connectivity index (χ1) is 11.0. The normalized spacial score (nSPS) is 10.0. The maximum absolute atomic E-state index is 12.6. The number of hydrogen-bond acceptors (Lipinski definition) is 4. The summed E-state index contributed by atoms with van der Waals surface area (Å²) >= 11 is 3.35. The van der Waals surface area contributed by atoms with E-state index in [-0.39, 0.29) is 30.7 Å². The summed E-state index contributed by atoms with van der Waals surface area (Å²) in [5.74, 6) is -0.715. The van der Waals surface area contributed by atoms with Gasteiger partial charge < -0.3 is 15.0 Å². The van der Waals surface area contributed by atoms with Gasteiger partial charge in [-0.2, -0.15) is 0 Å². The Balaban J connectivity index is 2.76. The number of amides is 2. The van der Waals surface area contributed by atoms with Crippen LogP contribution in [0.2, 0.25) is 0 Å². The molecule has 126 valence electrons. The fraction of sp³-hybridized carbons (Fsp3) is 0.438. The average Bonchev–Trinajstić information content (AvgIpc) is 2.50. The highest BCUT2D eigenvalue weighted by Crippen LogP contribution is 2.18. The predicted molar refractivity (Wildman–Crippen MR) is 90.0 cm³/mol. The second-order valence-corrected chi connectivity index (χ2v) is 5.66. The number of nitrogens with one attached hydrogen (secondary N) is 1. The summed E-state index contributed by atoms with van der Waals surface area (Å²) < 4.78 is 5.57. The summed E-state index contributed by atoms with van der Waals surface area (Å²) in [5.41, 5.74) is 0.513. The zero-order valence-electron chi connectivity index (χ0n) is 13.3. The molecule has 23 heavy (non-hydrogen) atoms. The van der Waals surface area contributed by atoms with Crippen LogP contribution in [0.4, 0.5) is 0 Å². The Morgan fingerprint density at radius 3 is 2.52 bits per heavy atom. The summed E-state index contributed by atoms with van der Waals surface area (Å²) in [6.07, 6.45) is 0.115. The Kier molecular flexibility index (Phi) is 8.32. The van der Waals surface area contributed by atoms with Crippen molar-refractivity contribution in [3.63, 3.8) is 0 Å². The van der Waals surface area contributed by atoms with Gasteiger partial charge in [0, 0.05) is 31.0 Å². The first-order valence-corrected chi connectivity index (χ1v) is 8.18. The number of carbonyl (C=O) groups excluding carboxylic acids is 3. The number of halogens is 1. The molecule has 0 fully saturated rings. The minimum absolute atomic E-state index is 0.115. The van der Waals surface area contributed by atoms with Crippen molar-refractivity contribution in [2.45, 2.75) is 20.3 Å². The number of nitrogens with zero attached hydrogens (tertiary/aromatic N) is 1. The fourth-order valence-electron chi connectivity index (χ4n) is 1.95. The molecule has 0 aliphatic rings. The van der Waals surface area contributed by atoms with Crippen molar-refractivity contribution in [3.8, 4) is 0 Å². The second kappa shape index (κ2) is 9.99. The van der Waals surface area contributed by atoms with E-state index < -0.39 is 0 Å². The Morgan fingerprint density at radius 1 is 1.22 bits per heavy atom. The molecule has 0 aromatic heterocycles. The number of ether oxygens (including phenoxy) is 1. The summed E-state index contributed by atoms with van der Waals surface area (Å²) in [5, 5.41) is 2.65. The Bertz CT molecular complexity index is 563. The van der Waals surface area contributed by atoms with Crippen LogP contribution >= 0.6 is 15.9 Å². The quantitative estimate of drug-likeness (QED) is 0.695. The lowest BCUT2D eigenvalue weighted by Gasteiger charge is -2.23. The zero-order chi connectivity index (χ0) is 17.2. The molecule has 1 aromatic rings. The van der Waals surface area contributed by atoms with Gasteiger partial charge in [0.25, 0.3) is 5.91 Å². The van der Waals surface area contributed by atoms with E-state index in [1.807, 2.05) is 6.07 Å². The lowest BCUT2D eigenvalue weighted by molar-refractivity contribution is -0.143. The molecule has 0 atom stereocenters. The molecule has 0 aliphatic heterocycles. The van der Waals surface area contributed by atoms with Gasteiger partial charge in [0.05, 0.1) is 18.6 Å². The monoisotopic (exact) mass is 384 g/mol. The van der Waals surface area contributed by atoms with Gasteiger partial charge in [0.15, 0.2) is 0 Å². The molecule has 0 bridgehead atoms. The van der Waals surface area contributed by atoms with Crippen molar-refractivity contribution in [2.75, 3.05) is 26.2 Å². The highest BCUT2D eigenvalue weighted by Gasteiger charge is 2.19. The van der Waals surface area contributed by atoms with E-state index >= 15 is 0 Å². The molecule has 0 saturated heterocycles. The standard InChI is InChI=1S/C16H21BrN2O4/c1-3-23-15(21)8-10-19(11-9-18-12(2)20)16(22)13-6-4-5-7-14(13)17/h4-7H,3,8-11H2,1-2H3,(H,18,20). The smallest absolute Gasteiger partial charge is 0.307 e. The summed E-state index contributed by atoms with van der Waals surface area (Å²) in [6, 6.07) is 7.09. The van der Waals surface area contributed by atoms with E-state index in [1.165, 1.54) is 11.8 Å². The predicted octanol–water partition coefficient (Wildman–Crippen LogP) is 1.98. The SMILES string of the molecule is CCOC(=O)CCN(CCNC(C)=O)C(=O)c1ccccc1Br. The highest BCUT2D eigenvalue weighted by molar-refractivity contribution is 9.10. The first-order valence-electron chi connectivity index (χ1n) is 7.39. The van der Waals surface area contributed by atoms with Gasteiger partial charge >= 0.3 is 5.97 Å². The van der Waals surface area contributed by atoms with Crippen molar-refractivity contribution < 1.29 is 19.1 Å². The lowest BCUT2D eigenvalue weighted by atomic mass is 10.2. The number of carbonyl (C=O) groups is 3. The van der Waals surface area contributed by atoms with Crippen molar-refractivity contribution in [2.24, 2.45) is 0 Å². The van der Waals surface area contributed by atoms with Crippen LogP contribution < -0.4 is 5.32 Å². The summed E-state index contributed by atoms with van der Waals surface area (Å²) in [4.78, 5) is 36.7. The summed E-state index contributed by atoms with van der Waals surface area (Å²) in [6.45, 7) is 4.34. The number of benzene rings is 1. The van der Waals surface area contributed by atoms with Crippen molar-refractivity contribution in [1.82, 2.24) is 10.2 Å². The van der Waals surface area contributed by atoms with Gasteiger partial charge in [-0.15, -0.1) is 0 Å². The number of rotatable bonds is 8. The largest absolute Gasteiger partial charge is 0.466 e. The van der Waals surface area contributed by atoms with Crippen LogP contribution in [-0.2, 0) is 14.3 Å². The topological polar surface area (TPSA) is 75.7 Å². The third-order valence-corrected chi connectivity index (χ3v) is 3.73. The summed E-state index contributed by atoms with van der Waals surface area (Å²) in [7, 11) is 0. The third-order valence-electron chi connectivity index (χ3n) is 3.04. The Morgan fingerprint density at radius 2 is 1.91 bits per heavy atom. The van der Waals surface area contributed by atoms with Gasteiger partial charge in [0.2, 0.25) is 5.91 Å². The van der Waals surface area contributed by atoms with Gasteiger partial charge in [-0.25, -0.2) is 0 Å². The first kappa shape index (κ1) is 19.2. The minimum Gasteiger partial charge on any atom is -0.466 e. The van der Waals surface area contributed by atoms with E-state index in [4.69, 9.17) is 4.74 Å². The van der Waals surface area contributed by atoms with Crippen LogP contribution in [0.5, 0.6) is 0 Å². The number of hydrogen-bond donors (Lipinski definition) is 1. The second-order valence-electron chi connectivity index (χ2n) is 4.81. The average molecular weight is 385 g/mol. The van der Waals surface area contributed by atoms with Crippen molar-refractivity contribution in [1.29, 1.82) is 0 Å². The lowest BCUT2D eigenvalue weighted by Crippen LogP contribution is -2.39. The molecule has 7 heteroatoms. The molecule has 0 unspecified atom stereocenters. The fourth-order valence-corrected chi connectivity index (χ4v) is 2.40. The molecule has 1 rings (SSSR count). The van der Waals surface area contributed by atoms with Crippen LogP contribution in [-0.4, -0.2) is 48.9 Å². The molecule has 0 saturated carbocycles. The molecule has 1 N–H and O–H groups in total. The molecule has 0 aliphatic carbocycles. The van der Waals surface area contributed by atoms with Crippen molar-refractivity contribution in [3.05, 3.63) is 34.3 Å². The maximum Gasteiger partial charge on any atom is 0.307 e. The van der Waals surface area contributed by atoms with Crippen LogP contribution in [0.1, 0.15) is 30.6 Å². The van der Waals surface area contributed by atoms with Gasteiger partial charge in [-0.3, -0.25) is 14.4 Å². The van der Waals surface area contributed by atoms with E-state index in [1.54, 1.807) is 25.1 Å². The van der Waals surface area contributed by atoms with E-state index in [9.17, 15) is 14.4 Å². The molecule has 1 aromatic carbocycles. The van der Waals surface area contributed by atoms with Crippen LogP contribution in [0.25, 0.3) is 0 Å². The van der Waals surface area contributed by atoms with Gasteiger partial charge in [-0.05, 0) is 35.0 Å². The van der Waals surface area contributed by atoms with E-state index in [2.05, 4.69) is 21.2 Å². The van der Waals surface area contributed by atoms with E-state index in [0.717, 1.165) is 0 Å². The molecule has 2 amide bonds. The van der Waals surface area contributed by atoms with Crippen LogP contribution in [0.15, 0.2) is 28.7 Å². The molecule has 0 radical (unpaired) electrons. The van der Waals surface area contributed by atoms with Gasteiger partial charge in [0.1, 0.15) is 0 Å². The molecular formula is C16H21BrN2O4. The number of esters is 1. The highest BCUT2D eigenvalue weighted by atomic mass is 79.9. The van der Waals surface area contributed by atoms with Crippen molar-refractivity contribution >= 4 is 33.7 Å². The maximum atomic E-state index is 12.6. The Hall–Kier alpha value is -1.89. The van der Waals surface area contributed by atoms with E-state index in [0.29, 0.717) is 29.7 Å². The van der Waals surface area contributed by atoms with Gasteiger partial charge in [-0.1, -0.05) is 12.1 Å². The van der Waals surface area contributed by atoms with Crippen LogP contribution in [0, 0.1) is 0 Å². The zero-order valence-corrected chi connectivity index (χ0v) is 14.9. The third kappa shape index (κ3) is 6.81. The molecule has 0 heterocycles. The molecular weight excluding hydrogens is 364 g/mol. The molecule has 0 spiro atoms.